The highest BCUT2D eigenvalue weighted by Gasteiger charge is 2.45. The monoisotopic (exact) mass is 411 g/mol. The summed E-state index contributed by atoms with van der Waals surface area (Å²) in [6.45, 7) is 9.29. The number of hydrogen-bond acceptors (Lipinski definition) is 6. The Balaban J connectivity index is 0.000000321. The van der Waals surface area contributed by atoms with Crippen LogP contribution in [0, 0.1) is 0 Å². The van der Waals surface area contributed by atoms with Gasteiger partial charge >= 0.3 is 18.0 Å². The third-order valence-electron chi connectivity index (χ3n) is 5.59. The highest BCUT2D eigenvalue weighted by Crippen LogP contribution is 2.31. The quantitative estimate of drug-likeness (QED) is 0.606. The van der Waals surface area contributed by atoms with E-state index >= 15 is 0 Å². The van der Waals surface area contributed by atoms with Crippen molar-refractivity contribution in [2.24, 2.45) is 0 Å². The topological polar surface area (TPSA) is 111 Å². The SMILES string of the molecule is CCOC(=O)N1CC2CC1CN2CCCN1CCCCC1.O=C(O)/C=C\C(=O)O. The molecule has 0 aromatic heterocycles. The van der Waals surface area contributed by atoms with Gasteiger partial charge in [0.2, 0.25) is 0 Å². The normalized spacial score (nSPS) is 24.4. The highest BCUT2D eigenvalue weighted by atomic mass is 16.6. The molecule has 2 unspecified atom stereocenters. The van der Waals surface area contributed by atoms with E-state index in [1.807, 2.05) is 11.8 Å². The fourth-order valence-electron chi connectivity index (χ4n) is 4.28. The van der Waals surface area contributed by atoms with E-state index in [0.29, 0.717) is 30.8 Å². The van der Waals surface area contributed by atoms with E-state index < -0.39 is 11.9 Å². The van der Waals surface area contributed by atoms with Crippen LogP contribution < -0.4 is 0 Å². The fraction of sp³-hybridized carbons (Fsp3) is 0.750. The smallest absolute Gasteiger partial charge is 0.410 e. The molecule has 9 heteroatoms. The number of piperidine rings is 1. The first-order chi connectivity index (χ1) is 13.9. The van der Waals surface area contributed by atoms with Gasteiger partial charge in [0.05, 0.1) is 6.61 Å². The number of amides is 1. The first-order valence-electron chi connectivity index (χ1n) is 10.4. The Labute approximate surface area is 171 Å². The summed E-state index contributed by atoms with van der Waals surface area (Å²) in [5.74, 6) is -2.51. The minimum absolute atomic E-state index is 0.113. The molecule has 3 aliphatic rings. The molecule has 9 nitrogen and oxygen atoms in total. The van der Waals surface area contributed by atoms with E-state index in [1.54, 1.807) is 0 Å². The number of carboxylic acids is 2. The van der Waals surface area contributed by atoms with Gasteiger partial charge in [-0.1, -0.05) is 6.42 Å². The summed E-state index contributed by atoms with van der Waals surface area (Å²) in [6.07, 6.45) is 7.58. The van der Waals surface area contributed by atoms with Crippen LogP contribution in [0.25, 0.3) is 0 Å². The van der Waals surface area contributed by atoms with Gasteiger partial charge in [0.15, 0.2) is 0 Å². The van der Waals surface area contributed by atoms with Gasteiger partial charge in [0.25, 0.3) is 0 Å². The molecule has 0 spiro atoms. The zero-order valence-corrected chi connectivity index (χ0v) is 17.2. The van der Waals surface area contributed by atoms with Crippen LogP contribution in [0.5, 0.6) is 0 Å². The second-order valence-corrected chi connectivity index (χ2v) is 7.66. The van der Waals surface area contributed by atoms with Gasteiger partial charge in [0.1, 0.15) is 0 Å². The van der Waals surface area contributed by atoms with Gasteiger partial charge in [-0.05, 0) is 58.8 Å². The number of carboxylic acid groups (broad SMARTS) is 2. The molecule has 3 aliphatic heterocycles. The second kappa shape index (κ2) is 11.8. The van der Waals surface area contributed by atoms with Crippen molar-refractivity contribution in [3.63, 3.8) is 0 Å². The molecule has 0 radical (unpaired) electrons. The lowest BCUT2D eigenvalue weighted by Crippen LogP contribution is -2.49. The van der Waals surface area contributed by atoms with Gasteiger partial charge < -0.3 is 24.7 Å². The summed E-state index contributed by atoms with van der Waals surface area (Å²) in [5.41, 5.74) is 0. The van der Waals surface area contributed by atoms with Crippen LogP contribution in [0.1, 0.15) is 39.0 Å². The summed E-state index contributed by atoms with van der Waals surface area (Å²) < 4.78 is 5.14. The zero-order valence-electron chi connectivity index (χ0n) is 17.2. The number of hydrogen-bond donors (Lipinski definition) is 2. The molecule has 2 atom stereocenters. The first-order valence-corrected chi connectivity index (χ1v) is 10.4. The van der Waals surface area contributed by atoms with Crippen molar-refractivity contribution in [2.45, 2.75) is 51.1 Å². The van der Waals surface area contributed by atoms with Crippen molar-refractivity contribution in [3.05, 3.63) is 12.2 Å². The predicted octanol–water partition coefficient (Wildman–Crippen LogP) is 1.49. The van der Waals surface area contributed by atoms with Crippen LogP contribution in [-0.4, -0.2) is 101 Å². The lowest BCUT2D eigenvalue weighted by molar-refractivity contribution is -0.134. The molecular weight excluding hydrogens is 378 g/mol. The number of piperazine rings is 1. The number of carbonyl (C=O) groups is 3. The van der Waals surface area contributed by atoms with E-state index in [4.69, 9.17) is 14.9 Å². The Kier molecular flexibility index (Phi) is 9.40. The molecule has 29 heavy (non-hydrogen) atoms. The Morgan fingerprint density at radius 3 is 2.14 bits per heavy atom. The first kappa shape index (κ1) is 23.2. The lowest BCUT2D eigenvalue weighted by Gasteiger charge is -2.34. The van der Waals surface area contributed by atoms with Crippen molar-refractivity contribution in [3.8, 4) is 0 Å². The number of nitrogens with zero attached hydrogens (tertiary/aromatic N) is 3. The van der Waals surface area contributed by atoms with Crippen LogP contribution in [-0.2, 0) is 14.3 Å². The molecule has 0 aliphatic carbocycles. The van der Waals surface area contributed by atoms with E-state index in [1.165, 1.54) is 51.9 Å². The Hall–Kier alpha value is -2.13. The summed E-state index contributed by atoms with van der Waals surface area (Å²) in [4.78, 5) is 38.1. The minimum Gasteiger partial charge on any atom is -0.478 e. The van der Waals surface area contributed by atoms with Gasteiger partial charge in [-0.15, -0.1) is 0 Å². The standard InChI is InChI=1S/C16H29N3O2.C4H4O4/c1-2-21-16(20)19-13-14-11-15(19)12-18(14)10-6-9-17-7-4-3-5-8-17;5-3(6)1-2-4(7)8/h14-15H,2-13H2,1H3;1-2H,(H,5,6)(H,7,8)/b;2-1-. The number of ether oxygens (including phenoxy) is 1. The Morgan fingerprint density at radius 2 is 1.62 bits per heavy atom. The van der Waals surface area contributed by atoms with Gasteiger partial charge in [-0.25, -0.2) is 14.4 Å². The third kappa shape index (κ3) is 7.66. The van der Waals surface area contributed by atoms with Crippen molar-refractivity contribution in [2.75, 3.05) is 45.9 Å². The molecular formula is C20H33N3O6. The number of aliphatic carboxylic acids is 2. The van der Waals surface area contributed by atoms with Crippen LogP contribution in [0.15, 0.2) is 12.2 Å². The van der Waals surface area contributed by atoms with Crippen LogP contribution in [0.2, 0.25) is 0 Å². The minimum atomic E-state index is -1.26. The van der Waals surface area contributed by atoms with Crippen LogP contribution in [0.3, 0.4) is 0 Å². The molecule has 164 valence electrons. The van der Waals surface area contributed by atoms with Crippen molar-refractivity contribution in [1.82, 2.24) is 14.7 Å². The summed E-state index contributed by atoms with van der Waals surface area (Å²) in [5, 5.41) is 15.6. The highest BCUT2D eigenvalue weighted by molar-refractivity contribution is 5.89. The maximum absolute atomic E-state index is 11.8. The summed E-state index contributed by atoms with van der Waals surface area (Å²) in [7, 11) is 0. The third-order valence-corrected chi connectivity index (χ3v) is 5.59. The number of likely N-dealkylation sites (tertiary alicyclic amines) is 3. The molecule has 2 bridgehead atoms. The Morgan fingerprint density at radius 1 is 0.966 bits per heavy atom. The largest absolute Gasteiger partial charge is 0.478 e. The zero-order chi connectivity index (χ0) is 21.2. The van der Waals surface area contributed by atoms with Gasteiger partial charge in [0, 0.05) is 37.3 Å². The van der Waals surface area contributed by atoms with E-state index in [0.717, 1.165) is 19.5 Å². The van der Waals surface area contributed by atoms with E-state index in [9.17, 15) is 14.4 Å². The molecule has 3 heterocycles. The van der Waals surface area contributed by atoms with Gasteiger partial charge in [-0.3, -0.25) is 4.90 Å². The average molecular weight is 411 g/mol. The molecule has 3 saturated heterocycles. The number of fused-ring (bicyclic) bond motifs is 2. The van der Waals surface area contributed by atoms with Crippen LogP contribution >= 0.6 is 0 Å². The molecule has 2 N–H and O–H groups in total. The molecule has 1 amide bonds. The Bertz CT molecular complexity index is 575. The molecule has 3 fully saturated rings. The maximum atomic E-state index is 11.8. The van der Waals surface area contributed by atoms with Crippen LogP contribution in [0.4, 0.5) is 4.79 Å². The second-order valence-electron chi connectivity index (χ2n) is 7.66. The van der Waals surface area contributed by atoms with Crippen molar-refractivity contribution >= 4 is 18.0 Å². The lowest BCUT2D eigenvalue weighted by atomic mass is 10.1. The predicted molar refractivity (Wildman–Crippen MR) is 107 cm³/mol. The number of rotatable bonds is 7. The molecule has 3 rings (SSSR count). The van der Waals surface area contributed by atoms with E-state index in [-0.39, 0.29) is 6.09 Å². The molecule has 0 aromatic rings. The average Bonchev–Trinajstić information content (AvgIpc) is 3.28. The van der Waals surface area contributed by atoms with Gasteiger partial charge in [-0.2, -0.15) is 0 Å². The van der Waals surface area contributed by atoms with Crippen molar-refractivity contribution < 1.29 is 29.3 Å². The molecule has 0 saturated carbocycles. The van der Waals surface area contributed by atoms with Crippen molar-refractivity contribution in [1.29, 1.82) is 0 Å². The van der Waals surface area contributed by atoms with E-state index in [2.05, 4.69) is 9.80 Å². The fourth-order valence-corrected chi connectivity index (χ4v) is 4.28. The number of carbonyl (C=O) groups excluding carboxylic acids is 1. The molecule has 0 aromatic carbocycles. The summed E-state index contributed by atoms with van der Waals surface area (Å²) in [6, 6.07) is 0.963. The summed E-state index contributed by atoms with van der Waals surface area (Å²) >= 11 is 0. The maximum Gasteiger partial charge on any atom is 0.410 e.